The Hall–Kier alpha value is -0.900. The van der Waals surface area contributed by atoms with Crippen molar-refractivity contribution in [1.29, 1.82) is 0 Å². The molecule has 1 fully saturated rings. The van der Waals surface area contributed by atoms with E-state index in [1.807, 2.05) is 12.1 Å². The summed E-state index contributed by atoms with van der Waals surface area (Å²) in [6.45, 7) is 0. The van der Waals surface area contributed by atoms with Gasteiger partial charge in [-0.1, -0.05) is 34.1 Å². The van der Waals surface area contributed by atoms with Gasteiger partial charge in [0.05, 0.1) is 4.92 Å². The average Bonchev–Trinajstić information content (AvgIpc) is 3.01. The molecule has 0 radical (unpaired) electrons. The van der Waals surface area contributed by atoms with Crippen LogP contribution < -0.4 is 0 Å². The monoisotopic (exact) mass is 269 g/mol. The first-order valence-corrected chi connectivity index (χ1v) is 5.96. The van der Waals surface area contributed by atoms with E-state index in [1.54, 1.807) is 12.1 Å². The Morgan fingerprint density at radius 2 is 2.13 bits per heavy atom. The summed E-state index contributed by atoms with van der Waals surface area (Å²) >= 11 is 3.60. The minimum Gasteiger partial charge on any atom is -0.258 e. The van der Waals surface area contributed by atoms with Gasteiger partial charge in [-0.25, -0.2) is 0 Å². The zero-order valence-corrected chi connectivity index (χ0v) is 9.81. The first-order valence-electron chi connectivity index (χ1n) is 5.05. The first kappa shape index (κ1) is 10.6. The minimum atomic E-state index is -0.304. The first-order chi connectivity index (χ1) is 7.18. The minimum absolute atomic E-state index is 0.239. The second-order valence-corrected chi connectivity index (χ2v) is 5.12. The number of benzene rings is 1. The summed E-state index contributed by atoms with van der Waals surface area (Å²) in [5.41, 5.74) is 1.07. The molecule has 4 heteroatoms. The molecule has 1 atom stereocenters. The Kier molecular flexibility index (Phi) is 3.05. The van der Waals surface area contributed by atoms with Crippen molar-refractivity contribution >= 4 is 21.6 Å². The molecule has 1 aliphatic rings. The summed E-state index contributed by atoms with van der Waals surface area (Å²) in [5, 5.41) is 10.8. The maximum Gasteiger partial charge on any atom is 0.272 e. The van der Waals surface area contributed by atoms with Crippen LogP contribution in [0.4, 0.5) is 5.69 Å². The Morgan fingerprint density at radius 3 is 2.73 bits per heavy atom. The van der Waals surface area contributed by atoms with Gasteiger partial charge in [0.15, 0.2) is 0 Å². The van der Waals surface area contributed by atoms with Crippen molar-refractivity contribution in [1.82, 2.24) is 0 Å². The molecule has 1 aromatic carbocycles. The normalized spacial score (nSPS) is 17.4. The van der Waals surface area contributed by atoms with Gasteiger partial charge >= 0.3 is 0 Å². The fraction of sp³-hybridized carbons (Fsp3) is 0.455. The van der Waals surface area contributed by atoms with Crippen LogP contribution in [-0.4, -0.2) is 9.75 Å². The number of nitro groups is 1. The maximum atomic E-state index is 10.8. The molecule has 1 aromatic rings. The average molecular weight is 270 g/mol. The van der Waals surface area contributed by atoms with Crippen molar-refractivity contribution < 1.29 is 4.92 Å². The van der Waals surface area contributed by atoms with Crippen molar-refractivity contribution in [3.8, 4) is 0 Å². The molecular weight excluding hydrogens is 258 g/mol. The molecule has 0 bridgehead atoms. The molecule has 1 aliphatic carbocycles. The standard InChI is InChI=1S/C11H12BrNO2/c12-10(8-5-6-8)7-9-3-1-2-4-11(9)13(14)15/h1-4,8,10H,5-7H2. The van der Waals surface area contributed by atoms with Crippen LogP contribution in [0.25, 0.3) is 0 Å². The number of nitro benzene ring substituents is 1. The van der Waals surface area contributed by atoms with Crippen LogP contribution in [0.1, 0.15) is 18.4 Å². The van der Waals surface area contributed by atoms with Crippen LogP contribution in [0, 0.1) is 16.0 Å². The number of rotatable bonds is 4. The lowest BCUT2D eigenvalue weighted by atomic mass is 10.1. The van der Waals surface area contributed by atoms with Crippen molar-refractivity contribution in [3.63, 3.8) is 0 Å². The third-order valence-electron chi connectivity index (χ3n) is 2.74. The molecule has 0 saturated heterocycles. The van der Waals surface area contributed by atoms with Crippen LogP contribution in [0.5, 0.6) is 0 Å². The van der Waals surface area contributed by atoms with Gasteiger partial charge in [-0.05, 0) is 25.2 Å². The van der Waals surface area contributed by atoms with E-state index in [0.717, 1.165) is 12.0 Å². The van der Waals surface area contributed by atoms with E-state index in [-0.39, 0.29) is 10.6 Å². The van der Waals surface area contributed by atoms with E-state index in [2.05, 4.69) is 15.9 Å². The molecule has 1 saturated carbocycles. The fourth-order valence-corrected chi connectivity index (χ4v) is 2.57. The highest BCUT2D eigenvalue weighted by atomic mass is 79.9. The van der Waals surface area contributed by atoms with Crippen molar-refractivity contribution in [3.05, 3.63) is 39.9 Å². The molecular formula is C11H12BrNO2. The quantitative estimate of drug-likeness (QED) is 0.478. The second kappa shape index (κ2) is 4.31. The lowest BCUT2D eigenvalue weighted by molar-refractivity contribution is -0.385. The summed E-state index contributed by atoms with van der Waals surface area (Å²) in [5.74, 6) is 0.713. The number of para-hydroxylation sites is 1. The number of hydrogen-bond acceptors (Lipinski definition) is 2. The Labute approximate surface area is 96.8 Å². The summed E-state index contributed by atoms with van der Waals surface area (Å²) in [7, 11) is 0. The number of alkyl halides is 1. The molecule has 0 aromatic heterocycles. The molecule has 2 rings (SSSR count). The van der Waals surface area contributed by atoms with E-state index in [4.69, 9.17) is 0 Å². The fourth-order valence-electron chi connectivity index (χ4n) is 1.70. The van der Waals surface area contributed by atoms with Crippen LogP contribution in [-0.2, 0) is 6.42 Å². The molecule has 0 amide bonds. The van der Waals surface area contributed by atoms with Gasteiger partial charge in [-0.2, -0.15) is 0 Å². The highest BCUT2D eigenvalue weighted by Gasteiger charge is 2.30. The van der Waals surface area contributed by atoms with E-state index in [9.17, 15) is 10.1 Å². The molecule has 0 heterocycles. The van der Waals surface area contributed by atoms with Crippen LogP contribution in [0.3, 0.4) is 0 Å². The van der Waals surface area contributed by atoms with Crippen molar-refractivity contribution in [2.24, 2.45) is 5.92 Å². The summed E-state index contributed by atoms with van der Waals surface area (Å²) in [6, 6.07) is 6.98. The van der Waals surface area contributed by atoms with E-state index < -0.39 is 0 Å². The van der Waals surface area contributed by atoms with Gasteiger partial charge < -0.3 is 0 Å². The molecule has 0 spiro atoms. The Morgan fingerprint density at radius 1 is 1.47 bits per heavy atom. The van der Waals surface area contributed by atoms with Crippen molar-refractivity contribution in [2.45, 2.75) is 24.1 Å². The van der Waals surface area contributed by atoms with Crippen LogP contribution in [0.15, 0.2) is 24.3 Å². The maximum absolute atomic E-state index is 10.8. The lowest BCUT2D eigenvalue weighted by Crippen LogP contribution is -2.06. The summed E-state index contributed by atoms with van der Waals surface area (Å²) in [4.78, 5) is 10.9. The summed E-state index contributed by atoms with van der Waals surface area (Å²) in [6.07, 6.45) is 3.24. The Bertz CT molecular complexity index is 377. The second-order valence-electron chi connectivity index (χ2n) is 3.94. The van der Waals surface area contributed by atoms with Gasteiger partial charge in [0.1, 0.15) is 0 Å². The number of nitrogens with zero attached hydrogens (tertiary/aromatic N) is 1. The van der Waals surface area contributed by atoms with E-state index in [0.29, 0.717) is 10.7 Å². The zero-order chi connectivity index (χ0) is 10.8. The lowest BCUT2D eigenvalue weighted by Gasteiger charge is -2.08. The van der Waals surface area contributed by atoms with Gasteiger partial charge in [-0.15, -0.1) is 0 Å². The highest BCUT2D eigenvalue weighted by molar-refractivity contribution is 9.09. The number of halogens is 1. The van der Waals surface area contributed by atoms with E-state index in [1.165, 1.54) is 12.8 Å². The molecule has 0 N–H and O–H groups in total. The molecule has 1 unspecified atom stereocenters. The predicted molar refractivity (Wildman–Crippen MR) is 62.2 cm³/mol. The molecule has 15 heavy (non-hydrogen) atoms. The van der Waals surface area contributed by atoms with Gasteiger partial charge in [0, 0.05) is 16.5 Å². The molecule has 80 valence electrons. The largest absolute Gasteiger partial charge is 0.272 e. The number of hydrogen-bond donors (Lipinski definition) is 0. The van der Waals surface area contributed by atoms with E-state index >= 15 is 0 Å². The third-order valence-corrected chi connectivity index (χ3v) is 3.81. The highest BCUT2D eigenvalue weighted by Crippen LogP contribution is 2.39. The van der Waals surface area contributed by atoms with Gasteiger partial charge in [-0.3, -0.25) is 10.1 Å². The smallest absolute Gasteiger partial charge is 0.258 e. The summed E-state index contributed by atoms with van der Waals surface area (Å²) < 4.78 is 0. The predicted octanol–water partition coefficient (Wildman–Crippen LogP) is 3.31. The molecule has 0 aliphatic heterocycles. The van der Waals surface area contributed by atoms with Crippen LogP contribution >= 0.6 is 15.9 Å². The third kappa shape index (κ3) is 2.56. The zero-order valence-electron chi connectivity index (χ0n) is 8.23. The van der Waals surface area contributed by atoms with Gasteiger partial charge in [0.2, 0.25) is 0 Å². The topological polar surface area (TPSA) is 43.1 Å². The Balaban J connectivity index is 2.15. The van der Waals surface area contributed by atoms with Crippen molar-refractivity contribution in [2.75, 3.05) is 0 Å². The molecule has 3 nitrogen and oxygen atoms in total. The van der Waals surface area contributed by atoms with Crippen LogP contribution in [0.2, 0.25) is 0 Å². The van der Waals surface area contributed by atoms with Gasteiger partial charge in [0.25, 0.3) is 5.69 Å². The SMILES string of the molecule is O=[N+]([O-])c1ccccc1CC(Br)C1CC1.